The van der Waals surface area contributed by atoms with Crippen molar-refractivity contribution in [2.45, 2.75) is 19.9 Å². The van der Waals surface area contributed by atoms with E-state index >= 15 is 0 Å². The monoisotopic (exact) mass is 315 g/mol. The Morgan fingerprint density at radius 2 is 1.91 bits per heavy atom. The van der Waals surface area contributed by atoms with Gasteiger partial charge in [0.15, 0.2) is 11.5 Å². The highest BCUT2D eigenvalue weighted by atomic mass is 16.5. The zero-order valence-corrected chi connectivity index (χ0v) is 13.8. The van der Waals surface area contributed by atoms with E-state index in [9.17, 15) is 4.79 Å². The predicted molar refractivity (Wildman–Crippen MR) is 88.6 cm³/mol. The van der Waals surface area contributed by atoms with Crippen molar-refractivity contribution in [3.05, 3.63) is 53.5 Å². The number of nitrogens with one attached hydrogen (secondary N) is 1. The molecule has 0 aliphatic rings. The minimum atomic E-state index is -0.193. The molecular weight excluding hydrogens is 294 g/mol. The lowest BCUT2D eigenvalue weighted by Crippen LogP contribution is -2.24. The number of aryl methyl sites for hydroxylation is 1. The molecule has 0 saturated heterocycles. The van der Waals surface area contributed by atoms with E-state index < -0.39 is 0 Å². The number of hydrogen-bond donors (Lipinski definition) is 1. The summed E-state index contributed by atoms with van der Waals surface area (Å²) in [5.41, 5.74) is 0.929. The van der Waals surface area contributed by atoms with Crippen molar-refractivity contribution >= 4 is 12.0 Å². The number of carbonyl (C=O) groups excluding carboxylic acids is 1. The van der Waals surface area contributed by atoms with Crippen molar-refractivity contribution in [1.82, 2.24) is 5.32 Å². The topological polar surface area (TPSA) is 60.7 Å². The van der Waals surface area contributed by atoms with E-state index in [0.717, 1.165) is 11.3 Å². The molecule has 0 fully saturated rings. The fraction of sp³-hybridized carbons (Fsp3) is 0.278. The van der Waals surface area contributed by atoms with Gasteiger partial charge in [-0.2, -0.15) is 0 Å². The molecule has 0 spiro atoms. The van der Waals surface area contributed by atoms with Crippen LogP contribution in [0.25, 0.3) is 6.08 Å². The summed E-state index contributed by atoms with van der Waals surface area (Å²) in [6.45, 7) is 3.76. The molecule has 122 valence electrons. The van der Waals surface area contributed by atoms with E-state index in [1.165, 1.54) is 6.08 Å². The number of amides is 1. The highest BCUT2D eigenvalue weighted by Crippen LogP contribution is 2.29. The summed E-state index contributed by atoms with van der Waals surface area (Å²) in [6, 6.07) is 9.07. The van der Waals surface area contributed by atoms with Crippen LogP contribution in [0.1, 0.15) is 30.0 Å². The minimum Gasteiger partial charge on any atom is -0.493 e. The molecular formula is C18H21NO4. The molecule has 1 heterocycles. The lowest BCUT2D eigenvalue weighted by atomic mass is 10.1. The second kappa shape index (κ2) is 7.54. The minimum absolute atomic E-state index is 0.162. The first kappa shape index (κ1) is 16.7. The van der Waals surface area contributed by atoms with Crippen molar-refractivity contribution < 1.29 is 18.7 Å². The summed E-state index contributed by atoms with van der Waals surface area (Å²) in [6.07, 6.45) is 3.10. The Balaban J connectivity index is 2.02. The van der Waals surface area contributed by atoms with Crippen molar-refractivity contribution in [2.75, 3.05) is 14.2 Å². The molecule has 0 aliphatic heterocycles. The third-order valence-electron chi connectivity index (χ3n) is 3.43. The molecule has 0 bridgehead atoms. The summed E-state index contributed by atoms with van der Waals surface area (Å²) >= 11 is 0. The van der Waals surface area contributed by atoms with E-state index in [1.54, 1.807) is 20.3 Å². The first-order valence-corrected chi connectivity index (χ1v) is 7.30. The molecule has 5 nitrogen and oxygen atoms in total. The summed E-state index contributed by atoms with van der Waals surface area (Å²) in [7, 11) is 3.17. The molecule has 1 N–H and O–H groups in total. The van der Waals surface area contributed by atoms with Gasteiger partial charge in [0.25, 0.3) is 0 Å². The van der Waals surface area contributed by atoms with Crippen LogP contribution in [0.15, 0.2) is 40.8 Å². The van der Waals surface area contributed by atoms with Crippen LogP contribution in [0.3, 0.4) is 0 Å². The van der Waals surface area contributed by atoms with Crippen LogP contribution in [0.5, 0.6) is 11.5 Å². The molecule has 1 atom stereocenters. The average Bonchev–Trinajstić information content (AvgIpc) is 2.97. The van der Waals surface area contributed by atoms with Crippen LogP contribution >= 0.6 is 0 Å². The maximum atomic E-state index is 12.0. The molecule has 0 radical (unpaired) electrons. The van der Waals surface area contributed by atoms with Gasteiger partial charge in [-0.3, -0.25) is 4.79 Å². The van der Waals surface area contributed by atoms with E-state index in [2.05, 4.69) is 5.32 Å². The summed E-state index contributed by atoms with van der Waals surface area (Å²) in [5.74, 6) is 2.55. The van der Waals surface area contributed by atoms with Crippen LogP contribution in [0.2, 0.25) is 0 Å². The maximum Gasteiger partial charge on any atom is 0.244 e. The van der Waals surface area contributed by atoms with Gasteiger partial charge in [0.2, 0.25) is 5.91 Å². The normalized spacial score (nSPS) is 12.2. The van der Waals surface area contributed by atoms with Crippen LogP contribution in [-0.4, -0.2) is 20.1 Å². The summed E-state index contributed by atoms with van der Waals surface area (Å²) in [4.78, 5) is 12.0. The van der Waals surface area contributed by atoms with Gasteiger partial charge in [0.05, 0.1) is 20.3 Å². The van der Waals surface area contributed by atoms with Gasteiger partial charge in [-0.1, -0.05) is 6.07 Å². The number of furan rings is 1. The van der Waals surface area contributed by atoms with Gasteiger partial charge in [-0.15, -0.1) is 0 Å². The molecule has 2 rings (SSSR count). The van der Waals surface area contributed by atoms with Crippen molar-refractivity contribution in [3.63, 3.8) is 0 Å². The second-order valence-corrected chi connectivity index (χ2v) is 5.13. The highest BCUT2D eigenvalue weighted by Gasteiger charge is 2.11. The van der Waals surface area contributed by atoms with E-state index in [0.29, 0.717) is 17.3 Å². The Hall–Kier alpha value is -2.69. The van der Waals surface area contributed by atoms with Gasteiger partial charge in [-0.05, 0) is 49.8 Å². The summed E-state index contributed by atoms with van der Waals surface area (Å²) < 4.78 is 15.9. The predicted octanol–water partition coefficient (Wildman–Crippen LogP) is 3.50. The third kappa shape index (κ3) is 4.39. The number of ether oxygens (including phenoxy) is 2. The van der Waals surface area contributed by atoms with Crippen LogP contribution < -0.4 is 14.8 Å². The van der Waals surface area contributed by atoms with Crippen molar-refractivity contribution in [2.24, 2.45) is 0 Å². The van der Waals surface area contributed by atoms with Crippen molar-refractivity contribution in [1.29, 1.82) is 0 Å². The van der Waals surface area contributed by atoms with Gasteiger partial charge < -0.3 is 19.2 Å². The number of benzene rings is 1. The SMILES string of the molecule is COc1ccc(C(C)NC(=O)/C=C/c2ccc(C)o2)cc1OC. The Morgan fingerprint density at radius 1 is 1.17 bits per heavy atom. The van der Waals surface area contributed by atoms with E-state index in [-0.39, 0.29) is 11.9 Å². The molecule has 1 aromatic heterocycles. The Kier molecular flexibility index (Phi) is 5.46. The standard InChI is InChI=1S/C18H21NO4/c1-12-5-7-15(23-12)8-10-18(20)19-13(2)14-6-9-16(21-3)17(11-14)22-4/h5-11,13H,1-4H3,(H,19,20)/b10-8+. The molecule has 1 unspecified atom stereocenters. The van der Waals surface area contributed by atoms with Crippen LogP contribution in [0.4, 0.5) is 0 Å². The molecule has 5 heteroatoms. The third-order valence-corrected chi connectivity index (χ3v) is 3.43. The number of rotatable bonds is 6. The summed E-state index contributed by atoms with van der Waals surface area (Å²) in [5, 5.41) is 2.90. The molecule has 23 heavy (non-hydrogen) atoms. The van der Waals surface area contributed by atoms with Gasteiger partial charge in [-0.25, -0.2) is 0 Å². The smallest absolute Gasteiger partial charge is 0.244 e. The van der Waals surface area contributed by atoms with Crippen molar-refractivity contribution in [3.8, 4) is 11.5 Å². The molecule has 1 amide bonds. The largest absolute Gasteiger partial charge is 0.493 e. The van der Waals surface area contributed by atoms with Gasteiger partial charge >= 0.3 is 0 Å². The first-order chi connectivity index (χ1) is 11.0. The number of carbonyl (C=O) groups is 1. The molecule has 0 saturated carbocycles. The van der Waals surface area contributed by atoms with Crippen LogP contribution in [0, 0.1) is 6.92 Å². The fourth-order valence-corrected chi connectivity index (χ4v) is 2.17. The molecule has 0 aliphatic carbocycles. The lowest BCUT2D eigenvalue weighted by molar-refractivity contribution is -0.117. The van der Waals surface area contributed by atoms with E-state index in [4.69, 9.17) is 13.9 Å². The fourth-order valence-electron chi connectivity index (χ4n) is 2.17. The second-order valence-electron chi connectivity index (χ2n) is 5.13. The Morgan fingerprint density at radius 3 is 2.52 bits per heavy atom. The Labute approximate surface area is 135 Å². The maximum absolute atomic E-state index is 12.0. The van der Waals surface area contributed by atoms with E-state index in [1.807, 2.05) is 44.2 Å². The Bertz CT molecular complexity index is 703. The molecule has 2 aromatic rings. The number of methoxy groups -OCH3 is 2. The van der Waals surface area contributed by atoms with Gasteiger partial charge in [0.1, 0.15) is 11.5 Å². The lowest BCUT2D eigenvalue weighted by Gasteiger charge is -2.15. The zero-order valence-electron chi connectivity index (χ0n) is 13.8. The zero-order chi connectivity index (χ0) is 16.8. The first-order valence-electron chi connectivity index (χ1n) is 7.30. The van der Waals surface area contributed by atoms with Gasteiger partial charge in [0, 0.05) is 6.08 Å². The quantitative estimate of drug-likeness (QED) is 0.829. The molecule has 1 aromatic carbocycles. The van der Waals surface area contributed by atoms with Crippen LogP contribution in [-0.2, 0) is 4.79 Å². The number of hydrogen-bond acceptors (Lipinski definition) is 4. The highest BCUT2D eigenvalue weighted by molar-refractivity contribution is 5.91. The average molecular weight is 315 g/mol.